The summed E-state index contributed by atoms with van der Waals surface area (Å²) in [5, 5.41) is 5.48. The van der Waals surface area contributed by atoms with Crippen molar-refractivity contribution < 1.29 is 13.2 Å². The van der Waals surface area contributed by atoms with Crippen LogP contribution >= 0.6 is 0 Å². The van der Waals surface area contributed by atoms with Crippen LogP contribution in [0.5, 0.6) is 0 Å². The number of pyridine rings is 1. The lowest BCUT2D eigenvalue weighted by Gasteiger charge is -2.12. The van der Waals surface area contributed by atoms with Crippen molar-refractivity contribution in [3.8, 4) is 0 Å². The van der Waals surface area contributed by atoms with Crippen LogP contribution in [0.2, 0.25) is 0 Å². The van der Waals surface area contributed by atoms with Gasteiger partial charge in [0.2, 0.25) is 5.91 Å². The highest BCUT2D eigenvalue weighted by Crippen LogP contribution is 2.16. The van der Waals surface area contributed by atoms with Gasteiger partial charge in [-0.25, -0.2) is 18.1 Å². The van der Waals surface area contributed by atoms with Crippen molar-refractivity contribution in [3.63, 3.8) is 0 Å². The molecule has 0 fully saturated rings. The highest BCUT2D eigenvalue weighted by Gasteiger charge is 2.19. The molecule has 1 aromatic rings. The fourth-order valence-electron chi connectivity index (χ4n) is 1.61. The number of anilines is 1. The molecular weight excluding hydrogens is 292 g/mol. The standard InChI is InChI=1S/C13H22N4O3S/c1-4-10(2)17-12(18)7-9-16-21(19,20)13-11(14-3)6-5-8-15-13/h5-6,8,10,14,16H,4,7,9H2,1-3H3,(H,17,18). The zero-order valence-electron chi connectivity index (χ0n) is 12.5. The minimum Gasteiger partial charge on any atom is -0.386 e. The molecule has 118 valence electrons. The second-order valence-corrected chi connectivity index (χ2v) is 6.31. The first kappa shape index (κ1) is 17.4. The van der Waals surface area contributed by atoms with Gasteiger partial charge in [0.05, 0.1) is 5.69 Å². The number of rotatable bonds is 8. The van der Waals surface area contributed by atoms with Crippen LogP contribution in [0.4, 0.5) is 5.69 Å². The summed E-state index contributed by atoms with van der Waals surface area (Å²) in [4.78, 5) is 15.5. The van der Waals surface area contributed by atoms with E-state index in [1.165, 1.54) is 6.20 Å². The van der Waals surface area contributed by atoms with Gasteiger partial charge in [-0.2, -0.15) is 0 Å². The zero-order chi connectivity index (χ0) is 15.9. The minimum absolute atomic E-state index is 0.0321. The normalized spacial score (nSPS) is 12.7. The van der Waals surface area contributed by atoms with Gasteiger partial charge in [-0.05, 0) is 25.5 Å². The Morgan fingerprint density at radius 1 is 1.43 bits per heavy atom. The molecule has 1 heterocycles. The Labute approximate surface area is 125 Å². The van der Waals surface area contributed by atoms with Crippen molar-refractivity contribution in [2.45, 2.75) is 37.8 Å². The van der Waals surface area contributed by atoms with Crippen molar-refractivity contribution >= 4 is 21.6 Å². The Bertz CT molecular complexity index is 575. The second-order valence-electron chi connectivity index (χ2n) is 4.63. The number of sulfonamides is 1. The molecule has 0 aliphatic heterocycles. The molecule has 0 bridgehead atoms. The summed E-state index contributed by atoms with van der Waals surface area (Å²) in [6.45, 7) is 3.90. The molecule has 0 aromatic carbocycles. The minimum atomic E-state index is -3.74. The summed E-state index contributed by atoms with van der Waals surface area (Å²) in [7, 11) is -2.12. The average Bonchev–Trinajstić information content (AvgIpc) is 2.46. The van der Waals surface area contributed by atoms with Crippen molar-refractivity contribution in [1.29, 1.82) is 0 Å². The van der Waals surface area contributed by atoms with Gasteiger partial charge in [0, 0.05) is 32.3 Å². The van der Waals surface area contributed by atoms with Gasteiger partial charge < -0.3 is 10.6 Å². The third kappa shape index (κ3) is 5.31. The summed E-state index contributed by atoms with van der Waals surface area (Å²) >= 11 is 0. The van der Waals surface area contributed by atoms with Gasteiger partial charge in [-0.3, -0.25) is 4.79 Å². The molecule has 0 saturated carbocycles. The van der Waals surface area contributed by atoms with Crippen LogP contribution in [0.1, 0.15) is 26.7 Å². The predicted octanol–water partition coefficient (Wildman–Crippen LogP) is 0.706. The van der Waals surface area contributed by atoms with E-state index in [9.17, 15) is 13.2 Å². The Balaban J connectivity index is 2.60. The Kier molecular flexibility index (Phi) is 6.57. The topological polar surface area (TPSA) is 100 Å². The third-order valence-corrected chi connectivity index (χ3v) is 4.38. The molecule has 0 saturated heterocycles. The fraction of sp³-hybridized carbons (Fsp3) is 0.538. The first-order valence-electron chi connectivity index (χ1n) is 6.82. The largest absolute Gasteiger partial charge is 0.386 e. The zero-order valence-corrected chi connectivity index (χ0v) is 13.3. The maximum atomic E-state index is 12.1. The summed E-state index contributed by atoms with van der Waals surface area (Å²) in [6.07, 6.45) is 2.33. The van der Waals surface area contributed by atoms with Gasteiger partial charge >= 0.3 is 0 Å². The molecule has 3 N–H and O–H groups in total. The van der Waals surface area contributed by atoms with E-state index in [1.54, 1.807) is 19.2 Å². The quantitative estimate of drug-likeness (QED) is 0.656. The lowest BCUT2D eigenvalue weighted by Crippen LogP contribution is -2.35. The number of nitrogens with zero attached hydrogens (tertiary/aromatic N) is 1. The number of carbonyl (C=O) groups excluding carboxylic acids is 1. The van der Waals surface area contributed by atoms with Crippen LogP contribution in [0, 0.1) is 0 Å². The monoisotopic (exact) mass is 314 g/mol. The van der Waals surface area contributed by atoms with E-state index in [0.29, 0.717) is 5.69 Å². The first-order valence-corrected chi connectivity index (χ1v) is 8.30. The van der Waals surface area contributed by atoms with Crippen LogP contribution in [-0.2, 0) is 14.8 Å². The van der Waals surface area contributed by atoms with E-state index in [0.717, 1.165) is 6.42 Å². The van der Waals surface area contributed by atoms with Gasteiger partial charge in [-0.1, -0.05) is 6.92 Å². The summed E-state index contributed by atoms with van der Waals surface area (Å²) in [5.74, 6) is -0.179. The van der Waals surface area contributed by atoms with E-state index in [1.807, 2.05) is 13.8 Å². The number of amides is 1. The summed E-state index contributed by atoms with van der Waals surface area (Å²) in [6, 6.07) is 3.35. The molecule has 0 aliphatic carbocycles. The van der Waals surface area contributed by atoms with Crippen molar-refractivity contribution in [2.24, 2.45) is 0 Å². The lowest BCUT2D eigenvalue weighted by atomic mass is 10.2. The number of hydrogen-bond acceptors (Lipinski definition) is 5. The molecule has 1 unspecified atom stereocenters. The Hall–Kier alpha value is -1.67. The Morgan fingerprint density at radius 2 is 2.14 bits per heavy atom. The van der Waals surface area contributed by atoms with Crippen molar-refractivity contribution in [3.05, 3.63) is 18.3 Å². The number of nitrogens with one attached hydrogen (secondary N) is 3. The highest BCUT2D eigenvalue weighted by atomic mass is 32.2. The molecule has 1 atom stereocenters. The first-order chi connectivity index (χ1) is 9.90. The molecule has 1 rings (SSSR count). The predicted molar refractivity (Wildman–Crippen MR) is 81.5 cm³/mol. The van der Waals surface area contributed by atoms with Crippen LogP contribution < -0.4 is 15.4 Å². The van der Waals surface area contributed by atoms with Gasteiger partial charge in [0.15, 0.2) is 5.03 Å². The average molecular weight is 314 g/mol. The molecule has 1 amide bonds. The van der Waals surface area contributed by atoms with E-state index < -0.39 is 10.0 Å². The SMILES string of the molecule is CCC(C)NC(=O)CCNS(=O)(=O)c1ncccc1NC. The maximum absolute atomic E-state index is 12.1. The van der Waals surface area contributed by atoms with Gasteiger partial charge in [0.1, 0.15) is 0 Å². The molecule has 7 nitrogen and oxygen atoms in total. The van der Waals surface area contributed by atoms with E-state index in [4.69, 9.17) is 0 Å². The number of aromatic nitrogens is 1. The van der Waals surface area contributed by atoms with E-state index in [2.05, 4.69) is 20.3 Å². The molecule has 8 heteroatoms. The lowest BCUT2D eigenvalue weighted by molar-refractivity contribution is -0.121. The highest BCUT2D eigenvalue weighted by molar-refractivity contribution is 7.89. The fourth-order valence-corrected chi connectivity index (χ4v) is 2.78. The second kappa shape index (κ2) is 7.94. The van der Waals surface area contributed by atoms with Gasteiger partial charge in [-0.15, -0.1) is 0 Å². The molecular formula is C13H22N4O3S. The van der Waals surface area contributed by atoms with E-state index >= 15 is 0 Å². The number of hydrogen-bond donors (Lipinski definition) is 3. The molecule has 0 aliphatic rings. The van der Waals surface area contributed by atoms with E-state index in [-0.39, 0.29) is 29.9 Å². The molecule has 1 aromatic heterocycles. The van der Waals surface area contributed by atoms with Gasteiger partial charge in [0.25, 0.3) is 10.0 Å². The molecule has 21 heavy (non-hydrogen) atoms. The third-order valence-electron chi connectivity index (χ3n) is 2.96. The summed E-state index contributed by atoms with van der Waals surface area (Å²) < 4.78 is 26.6. The van der Waals surface area contributed by atoms with Crippen LogP contribution in [0.3, 0.4) is 0 Å². The number of carbonyl (C=O) groups is 1. The maximum Gasteiger partial charge on any atom is 0.260 e. The molecule has 0 radical (unpaired) electrons. The van der Waals surface area contributed by atoms with Crippen LogP contribution in [-0.4, -0.2) is 38.9 Å². The molecule has 0 spiro atoms. The smallest absolute Gasteiger partial charge is 0.260 e. The Morgan fingerprint density at radius 3 is 2.76 bits per heavy atom. The van der Waals surface area contributed by atoms with Crippen LogP contribution in [0.15, 0.2) is 23.4 Å². The van der Waals surface area contributed by atoms with Crippen molar-refractivity contribution in [1.82, 2.24) is 15.0 Å². The summed E-state index contributed by atoms with van der Waals surface area (Å²) in [5.41, 5.74) is 0.411. The van der Waals surface area contributed by atoms with Crippen molar-refractivity contribution in [2.75, 3.05) is 18.9 Å². The van der Waals surface area contributed by atoms with Crippen LogP contribution in [0.25, 0.3) is 0 Å².